The molecular formula is C22H15NO4. The number of rotatable bonds is 4. The van der Waals surface area contributed by atoms with Crippen LogP contribution in [0.4, 0.5) is 5.69 Å². The predicted octanol–water partition coefficient (Wildman–Crippen LogP) is 5.77. The number of nitrogens with zero attached hydrogens (tertiary/aromatic N) is 1. The van der Waals surface area contributed by atoms with Crippen molar-refractivity contribution in [1.29, 1.82) is 0 Å². The topological polar surface area (TPSA) is 61.6 Å². The summed E-state index contributed by atoms with van der Waals surface area (Å²) in [6, 6.07) is 16.0. The van der Waals surface area contributed by atoms with Gasteiger partial charge in [-0.05, 0) is 29.7 Å². The maximum absolute atomic E-state index is 11.5. The van der Waals surface area contributed by atoms with E-state index in [2.05, 4.69) is 13.2 Å². The Bertz CT molecular complexity index is 1140. The van der Waals surface area contributed by atoms with E-state index < -0.39 is 0 Å². The Morgan fingerprint density at radius 1 is 0.852 bits per heavy atom. The number of hydrogen-bond donors (Lipinski definition) is 0. The van der Waals surface area contributed by atoms with Crippen LogP contribution in [0.5, 0.6) is 11.5 Å². The third kappa shape index (κ3) is 2.66. The number of para-hydroxylation sites is 1. The second kappa shape index (κ2) is 6.46. The lowest BCUT2D eigenvalue weighted by atomic mass is 9.95. The Labute approximate surface area is 155 Å². The quantitative estimate of drug-likeness (QED) is 0.439. The Balaban J connectivity index is 2.04. The van der Waals surface area contributed by atoms with Crippen molar-refractivity contribution in [3.05, 3.63) is 102 Å². The molecule has 3 aromatic rings. The van der Waals surface area contributed by atoms with E-state index in [0.29, 0.717) is 34.1 Å². The molecule has 0 bridgehead atoms. The number of fused-ring (bicyclic) bond motifs is 3. The Hall–Kier alpha value is -3.86. The van der Waals surface area contributed by atoms with Crippen LogP contribution in [0.15, 0.2) is 91.4 Å². The molecule has 0 radical (unpaired) electrons. The van der Waals surface area contributed by atoms with E-state index in [4.69, 9.17) is 9.47 Å². The first kappa shape index (κ1) is 16.6. The lowest BCUT2D eigenvalue weighted by Gasteiger charge is -2.23. The highest BCUT2D eigenvalue weighted by atomic mass is 16.6. The van der Waals surface area contributed by atoms with E-state index in [0.717, 1.165) is 10.8 Å². The molecule has 0 N–H and O–H groups in total. The normalized spacial score (nSPS) is 12.7. The molecule has 1 heterocycles. The highest BCUT2D eigenvalue weighted by Gasteiger charge is 2.25. The van der Waals surface area contributed by atoms with Crippen molar-refractivity contribution in [1.82, 2.24) is 0 Å². The second-order valence-corrected chi connectivity index (χ2v) is 5.91. The number of nitro groups is 1. The van der Waals surface area contributed by atoms with Gasteiger partial charge < -0.3 is 9.47 Å². The van der Waals surface area contributed by atoms with Crippen molar-refractivity contribution in [2.24, 2.45) is 0 Å². The standard InChI is InChI=1S/C22H15NO4/c1-3-19-20(4-2)27-22-16-11-6-5-9-14(16)17(13-21(22)26-19)15-10-7-8-12-18(15)23(24)25/h3-13H,1-2H2. The predicted molar refractivity (Wildman–Crippen MR) is 105 cm³/mol. The molecule has 3 aromatic carbocycles. The molecule has 27 heavy (non-hydrogen) atoms. The van der Waals surface area contributed by atoms with Crippen molar-refractivity contribution in [3.63, 3.8) is 0 Å². The summed E-state index contributed by atoms with van der Waals surface area (Å²) in [6.45, 7) is 7.48. The first-order valence-electron chi connectivity index (χ1n) is 8.28. The summed E-state index contributed by atoms with van der Waals surface area (Å²) >= 11 is 0. The maximum atomic E-state index is 11.5. The lowest BCUT2D eigenvalue weighted by Crippen LogP contribution is -2.10. The number of ether oxygens (including phenoxy) is 2. The molecular weight excluding hydrogens is 342 g/mol. The zero-order chi connectivity index (χ0) is 19.0. The van der Waals surface area contributed by atoms with Gasteiger partial charge in [0.25, 0.3) is 5.69 Å². The molecule has 0 aromatic heterocycles. The van der Waals surface area contributed by atoms with Crippen LogP contribution in [0, 0.1) is 10.1 Å². The van der Waals surface area contributed by atoms with Gasteiger partial charge in [0.1, 0.15) is 0 Å². The fourth-order valence-electron chi connectivity index (χ4n) is 3.20. The van der Waals surface area contributed by atoms with Gasteiger partial charge >= 0.3 is 0 Å². The molecule has 0 atom stereocenters. The van der Waals surface area contributed by atoms with Crippen molar-refractivity contribution in [2.45, 2.75) is 0 Å². The minimum Gasteiger partial charge on any atom is -0.449 e. The van der Waals surface area contributed by atoms with E-state index in [9.17, 15) is 10.1 Å². The van der Waals surface area contributed by atoms with Crippen molar-refractivity contribution >= 4 is 16.5 Å². The number of nitro benzene ring substituents is 1. The molecule has 0 saturated carbocycles. The molecule has 1 aliphatic heterocycles. The van der Waals surface area contributed by atoms with Crippen LogP contribution >= 0.6 is 0 Å². The van der Waals surface area contributed by atoms with Gasteiger partial charge in [0, 0.05) is 17.0 Å². The van der Waals surface area contributed by atoms with Gasteiger partial charge in [0.05, 0.1) is 10.5 Å². The highest BCUT2D eigenvalue weighted by molar-refractivity contribution is 6.03. The zero-order valence-electron chi connectivity index (χ0n) is 14.3. The molecule has 132 valence electrons. The molecule has 0 unspecified atom stereocenters. The minimum absolute atomic E-state index is 0.0330. The Morgan fingerprint density at radius 2 is 1.48 bits per heavy atom. The first-order chi connectivity index (χ1) is 13.1. The summed E-state index contributed by atoms with van der Waals surface area (Å²) in [6.07, 6.45) is 3.10. The number of hydrogen-bond acceptors (Lipinski definition) is 4. The third-order valence-corrected chi connectivity index (χ3v) is 4.40. The van der Waals surface area contributed by atoms with Crippen LogP contribution in [-0.4, -0.2) is 4.92 Å². The van der Waals surface area contributed by atoms with Gasteiger partial charge in [-0.15, -0.1) is 0 Å². The molecule has 4 rings (SSSR count). The SMILES string of the molecule is C=CC1=C(C=C)Oc2c(cc(-c3ccccc3[N+](=O)[O-])c3ccccc23)O1. The molecule has 0 amide bonds. The van der Waals surface area contributed by atoms with Gasteiger partial charge in [0.2, 0.25) is 0 Å². The Morgan fingerprint density at radius 3 is 2.19 bits per heavy atom. The average molecular weight is 357 g/mol. The molecule has 5 nitrogen and oxygen atoms in total. The molecule has 0 saturated heterocycles. The highest BCUT2D eigenvalue weighted by Crippen LogP contribution is 2.47. The second-order valence-electron chi connectivity index (χ2n) is 5.91. The van der Waals surface area contributed by atoms with Crippen molar-refractivity contribution in [2.75, 3.05) is 0 Å². The van der Waals surface area contributed by atoms with Gasteiger partial charge in [-0.3, -0.25) is 10.1 Å². The summed E-state index contributed by atoms with van der Waals surface area (Å²) in [5.41, 5.74) is 1.25. The van der Waals surface area contributed by atoms with Gasteiger partial charge in [-0.25, -0.2) is 0 Å². The van der Waals surface area contributed by atoms with E-state index in [1.807, 2.05) is 24.3 Å². The van der Waals surface area contributed by atoms with Gasteiger partial charge in [-0.2, -0.15) is 0 Å². The van der Waals surface area contributed by atoms with Crippen LogP contribution in [0.1, 0.15) is 0 Å². The van der Waals surface area contributed by atoms with Crippen LogP contribution in [0.25, 0.3) is 21.9 Å². The third-order valence-electron chi connectivity index (χ3n) is 4.40. The summed E-state index contributed by atoms with van der Waals surface area (Å²) in [7, 11) is 0. The zero-order valence-corrected chi connectivity index (χ0v) is 14.3. The fraction of sp³-hybridized carbons (Fsp3) is 0. The van der Waals surface area contributed by atoms with Crippen LogP contribution < -0.4 is 9.47 Å². The van der Waals surface area contributed by atoms with Gasteiger partial charge in [-0.1, -0.05) is 49.6 Å². The van der Waals surface area contributed by atoms with Crippen molar-refractivity contribution < 1.29 is 14.4 Å². The molecule has 0 aliphatic carbocycles. The lowest BCUT2D eigenvalue weighted by molar-refractivity contribution is -0.384. The van der Waals surface area contributed by atoms with Crippen LogP contribution in [0.2, 0.25) is 0 Å². The van der Waals surface area contributed by atoms with E-state index in [1.165, 1.54) is 6.07 Å². The van der Waals surface area contributed by atoms with E-state index in [1.54, 1.807) is 36.4 Å². The van der Waals surface area contributed by atoms with E-state index >= 15 is 0 Å². The summed E-state index contributed by atoms with van der Waals surface area (Å²) in [5, 5.41) is 13.1. The van der Waals surface area contributed by atoms with Crippen molar-refractivity contribution in [3.8, 4) is 22.6 Å². The van der Waals surface area contributed by atoms with Crippen LogP contribution in [-0.2, 0) is 0 Å². The minimum atomic E-state index is -0.383. The molecule has 1 aliphatic rings. The number of allylic oxidation sites excluding steroid dienone is 2. The first-order valence-corrected chi connectivity index (χ1v) is 8.28. The Kier molecular flexibility index (Phi) is 3.97. The van der Waals surface area contributed by atoms with Crippen LogP contribution in [0.3, 0.4) is 0 Å². The fourth-order valence-corrected chi connectivity index (χ4v) is 3.20. The summed E-state index contributed by atoms with van der Waals surface area (Å²) < 4.78 is 11.9. The maximum Gasteiger partial charge on any atom is 0.277 e. The average Bonchev–Trinajstić information content (AvgIpc) is 2.72. The summed E-state index contributed by atoms with van der Waals surface area (Å²) in [5.74, 6) is 1.94. The molecule has 0 spiro atoms. The number of benzene rings is 3. The largest absolute Gasteiger partial charge is 0.449 e. The smallest absolute Gasteiger partial charge is 0.277 e. The summed E-state index contributed by atoms with van der Waals surface area (Å²) in [4.78, 5) is 11.1. The molecule has 0 fully saturated rings. The van der Waals surface area contributed by atoms with Gasteiger partial charge in [0.15, 0.2) is 23.0 Å². The molecule has 5 heteroatoms. The monoisotopic (exact) mass is 357 g/mol. The van der Waals surface area contributed by atoms with E-state index in [-0.39, 0.29) is 10.6 Å².